The zero-order valence-corrected chi connectivity index (χ0v) is 60.7. The van der Waals surface area contributed by atoms with Gasteiger partial charge in [-0.15, -0.1) is 0 Å². The van der Waals surface area contributed by atoms with E-state index < -0.39 is 15.6 Å². The van der Waals surface area contributed by atoms with Gasteiger partial charge in [0.1, 0.15) is 0 Å². The maximum atomic E-state index is 11.9. The van der Waals surface area contributed by atoms with Crippen LogP contribution in [0.4, 0.5) is 0 Å². The molecule has 0 aliphatic carbocycles. The van der Waals surface area contributed by atoms with Gasteiger partial charge in [-0.3, -0.25) is 9.13 Å². The standard InChI is InChI=1S/2C36H71O4P.Zn/c2*1-3-5-7-9-11-13-15-17-19-21-23-25-27-29-31-33-35-39-41(37,38)40-36-34-32-30-28-26-24-22-20-18-16-14-12-10-8-6-4-2;/h2*17-20H,3-16,21-36H2,1-2H3,(H,37,38);/q;;+2/p-2/b2*19-17-,20-18-;. The van der Waals surface area contributed by atoms with Gasteiger partial charge in [-0.05, 0) is 128 Å². The quantitative estimate of drug-likeness (QED) is 0.0256. The molecule has 0 amide bonds. The van der Waals surface area contributed by atoms with Crippen LogP contribution in [-0.4, -0.2) is 26.4 Å². The first-order valence-electron chi connectivity index (χ1n) is 36.0. The van der Waals surface area contributed by atoms with Crippen molar-refractivity contribution in [2.75, 3.05) is 26.4 Å². The van der Waals surface area contributed by atoms with Crippen molar-refractivity contribution in [2.45, 2.75) is 387 Å². The largest absolute Gasteiger partial charge is 2.00 e. The van der Waals surface area contributed by atoms with Gasteiger partial charge in [0.05, 0.1) is 26.4 Å². The zero-order chi connectivity index (χ0) is 59.9. The molecule has 11 heteroatoms. The van der Waals surface area contributed by atoms with Crippen molar-refractivity contribution >= 4 is 15.6 Å². The van der Waals surface area contributed by atoms with Crippen LogP contribution >= 0.6 is 15.6 Å². The summed E-state index contributed by atoms with van der Waals surface area (Å²) < 4.78 is 44.0. The van der Waals surface area contributed by atoms with E-state index in [-0.39, 0.29) is 45.9 Å². The fourth-order valence-electron chi connectivity index (χ4n) is 10.2. The van der Waals surface area contributed by atoms with Crippen molar-refractivity contribution in [3.05, 3.63) is 48.6 Å². The Hall–Kier alpha value is -0.197. The van der Waals surface area contributed by atoms with E-state index in [9.17, 15) is 18.9 Å². The third-order valence-corrected chi connectivity index (χ3v) is 17.6. The summed E-state index contributed by atoms with van der Waals surface area (Å²) >= 11 is 0. The molecule has 0 fully saturated rings. The maximum Gasteiger partial charge on any atom is 2.00 e. The van der Waals surface area contributed by atoms with Crippen LogP contribution in [0.5, 0.6) is 0 Å². The number of hydrogen-bond donors (Lipinski definition) is 0. The Morgan fingerprint density at radius 2 is 0.337 bits per heavy atom. The molecule has 0 aliphatic rings. The van der Waals surface area contributed by atoms with Gasteiger partial charge in [0.2, 0.25) is 0 Å². The van der Waals surface area contributed by atoms with Crippen LogP contribution < -0.4 is 9.79 Å². The van der Waals surface area contributed by atoms with Gasteiger partial charge < -0.3 is 27.9 Å². The van der Waals surface area contributed by atoms with Gasteiger partial charge in [-0.1, -0.05) is 307 Å². The molecule has 0 bridgehead atoms. The number of phosphoric acid groups is 2. The van der Waals surface area contributed by atoms with Crippen LogP contribution in [0.3, 0.4) is 0 Å². The minimum absolute atomic E-state index is 0. The van der Waals surface area contributed by atoms with Gasteiger partial charge in [-0.2, -0.15) is 0 Å². The Labute approximate surface area is 531 Å². The first kappa shape index (κ1) is 87.0. The summed E-state index contributed by atoms with van der Waals surface area (Å²) in [5, 5.41) is 0. The monoisotopic (exact) mass is 1260 g/mol. The molecule has 0 atom stereocenters. The summed E-state index contributed by atoms with van der Waals surface area (Å²) in [4.78, 5) is 23.8. The fraction of sp³-hybridized carbons (Fsp3) is 0.889. The van der Waals surface area contributed by atoms with Crippen molar-refractivity contribution in [3.63, 3.8) is 0 Å². The van der Waals surface area contributed by atoms with Crippen LogP contribution in [-0.2, 0) is 46.7 Å². The molecule has 83 heavy (non-hydrogen) atoms. The second kappa shape index (κ2) is 76.1. The number of rotatable bonds is 68. The summed E-state index contributed by atoms with van der Waals surface area (Å²) in [5.74, 6) is 0. The molecular weight excluding hydrogens is 1120 g/mol. The van der Waals surface area contributed by atoms with Crippen LogP contribution in [0.25, 0.3) is 0 Å². The third kappa shape index (κ3) is 81.8. The number of allylic oxidation sites excluding steroid dienone is 8. The first-order chi connectivity index (χ1) is 40.2. The SMILES string of the molecule is CCCCCCCC/C=C\CCCCCCCCOP(=O)([O-])OCCCCCCCC/C=C\CCCCCCCC.CCCCCCCC/C=C\CCCCCCCCOP(=O)([O-])OCCCCCCCC/C=C\CCCCCCCC.[Zn+2]. The Kier molecular flexibility index (Phi) is 79.7. The molecule has 0 heterocycles. The molecule has 0 aromatic heterocycles. The van der Waals surface area contributed by atoms with E-state index in [4.69, 9.17) is 18.1 Å². The normalized spacial score (nSPS) is 12.2. The summed E-state index contributed by atoms with van der Waals surface area (Å²) in [6.07, 6.45) is 88.0. The second-order valence-corrected chi connectivity index (χ2v) is 26.8. The average molecular weight is 1260 g/mol. The van der Waals surface area contributed by atoms with E-state index in [0.29, 0.717) is 0 Å². The molecule has 0 unspecified atom stereocenters. The molecule has 0 rings (SSSR count). The Morgan fingerprint density at radius 1 is 0.217 bits per heavy atom. The van der Waals surface area contributed by atoms with E-state index in [2.05, 4.69) is 76.3 Å². The fourth-order valence-corrected chi connectivity index (χ4v) is 11.7. The van der Waals surface area contributed by atoms with E-state index >= 15 is 0 Å². The maximum absolute atomic E-state index is 11.9. The van der Waals surface area contributed by atoms with Gasteiger partial charge in [0.15, 0.2) is 0 Å². The molecule has 488 valence electrons. The first-order valence-corrected chi connectivity index (χ1v) is 39.0. The molecule has 0 radical (unpaired) electrons. The minimum Gasteiger partial charge on any atom is -0.756 e. The molecule has 0 N–H and O–H groups in total. The predicted molar refractivity (Wildman–Crippen MR) is 357 cm³/mol. The van der Waals surface area contributed by atoms with Crippen molar-refractivity contribution in [1.29, 1.82) is 0 Å². The molecule has 0 saturated heterocycles. The zero-order valence-electron chi connectivity index (χ0n) is 55.9. The Balaban J connectivity index is -0.00000152. The van der Waals surface area contributed by atoms with E-state index in [1.54, 1.807) is 0 Å². The van der Waals surface area contributed by atoms with Crippen molar-refractivity contribution < 1.29 is 56.5 Å². The number of hydrogen-bond acceptors (Lipinski definition) is 8. The van der Waals surface area contributed by atoms with Gasteiger partial charge in [0, 0.05) is 0 Å². The van der Waals surface area contributed by atoms with Crippen molar-refractivity contribution in [2.24, 2.45) is 0 Å². The summed E-state index contributed by atoms with van der Waals surface area (Å²) in [5.41, 5.74) is 0. The third-order valence-electron chi connectivity index (χ3n) is 15.6. The summed E-state index contributed by atoms with van der Waals surface area (Å²) in [6.45, 7) is 10.0. The van der Waals surface area contributed by atoms with E-state index in [1.165, 1.54) is 283 Å². The molecule has 0 spiro atoms. The minimum atomic E-state index is -4.14. The van der Waals surface area contributed by atoms with E-state index in [1.807, 2.05) is 0 Å². The molecule has 8 nitrogen and oxygen atoms in total. The predicted octanol–water partition coefficient (Wildman–Crippen LogP) is 25.1. The Morgan fingerprint density at radius 3 is 0.482 bits per heavy atom. The van der Waals surface area contributed by atoms with Gasteiger partial charge in [-0.25, -0.2) is 0 Å². The summed E-state index contributed by atoms with van der Waals surface area (Å²) in [7, 11) is -8.27. The summed E-state index contributed by atoms with van der Waals surface area (Å²) in [6, 6.07) is 0. The smallest absolute Gasteiger partial charge is 0.756 e. The van der Waals surface area contributed by atoms with Crippen molar-refractivity contribution in [1.82, 2.24) is 0 Å². The molecular formula is C72H140O8P2Zn. The average Bonchev–Trinajstić information content (AvgIpc) is 3.46. The van der Waals surface area contributed by atoms with Crippen LogP contribution in [0.15, 0.2) is 48.6 Å². The van der Waals surface area contributed by atoms with Gasteiger partial charge in [0.25, 0.3) is 15.6 Å². The molecule has 0 saturated carbocycles. The van der Waals surface area contributed by atoms with Crippen LogP contribution in [0, 0.1) is 0 Å². The van der Waals surface area contributed by atoms with E-state index in [0.717, 1.165) is 77.0 Å². The molecule has 0 aromatic rings. The van der Waals surface area contributed by atoms with Crippen LogP contribution in [0.2, 0.25) is 0 Å². The van der Waals surface area contributed by atoms with Crippen molar-refractivity contribution in [3.8, 4) is 0 Å². The molecule has 0 aromatic carbocycles. The second-order valence-electron chi connectivity index (χ2n) is 24.0. The number of unbranched alkanes of at least 4 members (excludes halogenated alkanes) is 48. The van der Waals surface area contributed by atoms with Crippen LogP contribution in [0.1, 0.15) is 387 Å². The topological polar surface area (TPSA) is 117 Å². The molecule has 0 aliphatic heterocycles. The number of phosphoric ester groups is 2. The van der Waals surface area contributed by atoms with Gasteiger partial charge >= 0.3 is 19.5 Å². The Bertz CT molecular complexity index is 1220.